The molecule has 0 aromatic carbocycles. The van der Waals surface area contributed by atoms with Crippen LogP contribution in [0.5, 0.6) is 0 Å². The third-order valence-corrected chi connectivity index (χ3v) is 0. The summed E-state index contributed by atoms with van der Waals surface area (Å²) in [5.74, 6) is 0. The molecular formula is HOPbTiZr. The van der Waals surface area contributed by atoms with E-state index in [0.717, 1.165) is 0 Å². The molecule has 0 aromatic heterocycles. The van der Waals surface area contributed by atoms with Gasteiger partial charge in [0.05, 0.1) is 0 Å². The number of rotatable bonds is 0. The van der Waals surface area contributed by atoms with Gasteiger partial charge in [-0.2, -0.15) is 0 Å². The van der Waals surface area contributed by atoms with Crippen LogP contribution in [-0.2, 0) is 49.3 Å². The first-order valence-corrected chi connectivity index (χ1v) is 1.21. The normalized spacial score (nSPS) is 0.750. The first kappa shape index (κ1) is 16.2. The molecule has 0 heterocycles. The molecule has 0 atom stereocenters. The van der Waals surface area contributed by atoms with Gasteiger partial charge in [0, 0.05) is 21.7 Å². The first-order valence-electron chi connectivity index (χ1n) is 0.204. The molecule has 0 N–H and O–H groups in total. The molecule has 0 fully saturated rings. The smallest absolute Gasteiger partial charge is 0 e. The molecule has 4 heavy (non-hydrogen) atoms. The molecule has 4 heteroatoms. The zero-order chi connectivity index (χ0) is 2.00. The molecule has 19 valence electrons. The largest absolute Gasteiger partial charge is 0 e. The summed E-state index contributed by atoms with van der Waals surface area (Å²) in [4.78, 5) is 0. The van der Waals surface area contributed by atoms with Crippen LogP contribution in [0.2, 0.25) is 0 Å². The van der Waals surface area contributed by atoms with Crippen molar-refractivity contribution in [2.75, 3.05) is 0 Å². The predicted octanol–water partition coefficient (Wildman–Crippen LogP) is -0.772. The minimum atomic E-state index is 0. The Balaban J connectivity index is -0.00000000500. The fourth-order valence-electron chi connectivity index (χ4n) is 0. The van der Waals surface area contributed by atoms with Crippen molar-refractivity contribution < 1.29 is 49.3 Å². The molecule has 0 bridgehead atoms. The summed E-state index contributed by atoms with van der Waals surface area (Å²) in [6.07, 6.45) is 0. The van der Waals surface area contributed by atoms with Crippen LogP contribution in [0.1, 0.15) is 0 Å². The van der Waals surface area contributed by atoms with Crippen LogP contribution in [0, 0.1) is 0 Å². The topological polar surface area (TPSA) is 17.1 Å². The van der Waals surface area contributed by atoms with E-state index in [0.29, 0.717) is 24.7 Å². The zero-order valence-corrected chi connectivity index (χ0v) is 10.5. The fraction of sp³-hybridized carbons (Fsp3) is 0. The van der Waals surface area contributed by atoms with E-state index in [1.54, 1.807) is 0 Å². The summed E-state index contributed by atoms with van der Waals surface area (Å²) in [5, 5.41) is 0. The van der Waals surface area contributed by atoms with Crippen molar-refractivity contribution in [3.05, 3.63) is 0 Å². The molecule has 0 unspecified atom stereocenters. The van der Waals surface area contributed by atoms with Crippen molar-refractivity contribution in [2.45, 2.75) is 0 Å². The van der Waals surface area contributed by atoms with Gasteiger partial charge in [0.1, 0.15) is 0 Å². The Morgan fingerprint density at radius 3 is 1.25 bits per heavy atom. The summed E-state index contributed by atoms with van der Waals surface area (Å²) in [6.45, 7) is 0. The second-order valence-corrected chi connectivity index (χ2v) is 0. The van der Waals surface area contributed by atoms with Gasteiger partial charge in [-0.15, -0.1) is 0 Å². The van der Waals surface area contributed by atoms with Crippen LogP contribution in [0.15, 0.2) is 0 Å². The maximum Gasteiger partial charge on any atom is 0 e. The molecule has 0 aliphatic carbocycles. The maximum absolute atomic E-state index is 8.34. The van der Waals surface area contributed by atoms with Crippen molar-refractivity contribution in [3.8, 4) is 0 Å². The average Bonchev–Trinajstić information content (AvgIpc) is 1.00. The monoisotopic (exact) mass is 363 g/mol. The van der Waals surface area contributed by atoms with Crippen molar-refractivity contribution >= 4 is 27.3 Å². The summed E-state index contributed by atoms with van der Waals surface area (Å²) < 4.78 is 8.34. The van der Waals surface area contributed by atoms with Crippen molar-refractivity contribution in [1.29, 1.82) is 0 Å². The van der Waals surface area contributed by atoms with Crippen LogP contribution in [0.25, 0.3) is 0 Å². The Kier molecular flexibility index (Phi) is 74.8. The second-order valence-electron chi connectivity index (χ2n) is 0. The summed E-state index contributed by atoms with van der Waals surface area (Å²) in [6, 6.07) is 0. The Bertz CT molecular complexity index is 8.00. The zero-order valence-electron chi connectivity index (χ0n) is 1.99. The van der Waals surface area contributed by atoms with Crippen LogP contribution < -0.4 is 0 Å². The Morgan fingerprint density at radius 1 is 1.25 bits per heavy atom. The van der Waals surface area contributed by atoms with Crippen LogP contribution >= 0.6 is 0 Å². The Morgan fingerprint density at radius 2 is 1.25 bits per heavy atom. The molecule has 0 saturated heterocycles. The fourth-order valence-corrected chi connectivity index (χ4v) is 0. The molecule has 0 amide bonds. The minimum absolute atomic E-state index is 0. The van der Waals surface area contributed by atoms with Crippen molar-refractivity contribution in [1.82, 2.24) is 0 Å². The van der Waals surface area contributed by atoms with Gasteiger partial charge in [0.15, 0.2) is 0 Å². The Hall–Kier alpha value is 2.32. The van der Waals surface area contributed by atoms with Gasteiger partial charge in [-0.1, -0.05) is 0 Å². The van der Waals surface area contributed by atoms with Gasteiger partial charge in [-0.05, 0) is 0 Å². The van der Waals surface area contributed by atoms with Crippen molar-refractivity contribution in [3.63, 3.8) is 0 Å². The third kappa shape index (κ3) is 8.85. The van der Waals surface area contributed by atoms with Crippen LogP contribution in [0.3, 0.4) is 0 Å². The molecule has 0 aliphatic heterocycles. The molecule has 0 saturated carbocycles. The molecule has 0 rings (SSSR count). The maximum atomic E-state index is 8.34. The third-order valence-electron chi connectivity index (χ3n) is 0. The van der Waals surface area contributed by atoms with E-state index in [2.05, 4.69) is 0 Å². The number of hydrogen-bond acceptors (Lipinski definition) is 1. The van der Waals surface area contributed by atoms with Gasteiger partial charge in [0.25, 0.3) is 0 Å². The van der Waals surface area contributed by atoms with E-state index < -0.39 is 0 Å². The SMILES string of the molecule is [O]=[Zr].[PbH].[Ti]. The molecule has 0 spiro atoms. The van der Waals surface area contributed by atoms with Gasteiger partial charge in [-0.25, -0.2) is 0 Å². The van der Waals surface area contributed by atoms with E-state index >= 15 is 0 Å². The van der Waals surface area contributed by atoms with Gasteiger partial charge >= 0.3 is 54.8 Å². The van der Waals surface area contributed by atoms with E-state index in [4.69, 9.17) is 2.81 Å². The summed E-state index contributed by atoms with van der Waals surface area (Å²) in [7, 11) is 0. The van der Waals surface area contributed by atoms with E-state index in [9.17, 15) is 0 Å². The molecule has 3 radical (unpaired) electrons. The molecule has 0 aromatic rings. The quantitative estimate of drug-likeness (QED) is 0.517. The summed E-state index contributed by atoms with van der Waals surface area (Å²) >= 11 is 0.300. The van der Waals surface area contributed by atoms with Crippen LogP contribution in [-0.4, -0.2) is 27.3 Å². The van der Waals surface area contributed by atoms with E-state index in [1.807, 2.05) is 0 Å². The predicted molar refractivity (Wildman–Crippen MR) is 7.84 cm³/mol. The molecule has 0 aliphatic rings. The van der Waals surface area contributed by atoms with Gasteiger partial charge < -0.3 is 0 Å². The Labute approximate surface area is 75.2 Å². The summed E-state index contributed by atoms with van der Waals surface area (Å²) in [5.41, 5.74) is 0. The van der Waals surface area contributed by atoms with Gasteiger partial charge in [0.2, 0.25) is 0 Å². The van der Waals surface area contributed by atoms with E-state index in [1.165, 1.54) is 0 Å². The van der Waals surface area contributed by atoms with Crippen LogP contribution in [0.4, 0.5) is 0 Å². The minimum Gasteiger partial charge on any atom is 0 e. The number of hydrogen-bond donors (Lipinski definition) is 0. The molecular weight excluding hydrogens is 362 g/mol. The standard InChI is InChI=1S/O.Pb.Ti.Zr.H. The first-order chi connectivity index (χ1) is 1.00. The van der Waals surface area contributed by atoms with Crippen molar-refractivity contribution in [2.24, 2.45) is 0 Å². The average molecular weight is 363 g/mol. The second kappa shape index (κ2) is 18.4. The molecule has 1 nitrogen and oxygen atoms in total. The van der Waals surface area contributed by atoms with Gasteiger partial charge in [-0.3, -0.25) is 0 Å². The van der Waals surface area contributed by atoms with E-state index in [-0.39, 0.29) is 49.0 Å².